The van der Waals surface area contributed by atoms with Crippen LogP contribution < -0.4 is 5.73 Å². The Kier molecular flexibility index (Phi) is 5.32. The van der Waals surface area contributed by atoms with Crippen LogP contribution in [0.25, 0.3) is 0 Å². The van der Waals surface area contributed by atoms with Crippen LogP contribution >= 0.6 is 21.9 Å². The Morgan fingerprint density at radius 1 is 1.36 bits per heavy atom. The Morgan fingerprint density at radius 3 is 2.71 bits per heavy atom. The molecule has 0 aliphatic heterocycles. The molecule has 1 amide bonds. The molecule has 1 aromatic rings. The second-order valence-electron chi connectivity index (χ2n) is 2.53. The van der Waals surface area contributed by atoms with Crippen LogP contribution in [0.4, 0.5) is 4.79 Å². The van der Waals surface area contributed by atoms with Gasteiger partial charge in [-0.05, 0) is 12.0 Å². The van der Waals surface area contributed by atoms with Crippen molar-refractivity contribution in [3.8, 4) is 0 Å². The average Bonchev–Trinajstić information content (AvgIpc) is 2.18. The molecule has 0 aliphatic rings. The average molecular weight is 229 g/mol. The van der Waals surface area contributed by atoms with Crippen LogP contribution in [0.15, 0.2) is 30.3 Å². The fraction of sp³-hybridized carbons (Fsp3) is 0.222. The van der Waals surface area contributed by atoms with E-state index in [1.807, 2.05) is 18.2 Å². The minimum Gasteiger partial charge on any atom is -0.363 e. The summed E-state index contributed by atoms with van der Waals surface area (Å²) in [5.74, 6) is 0.891. The zero-order valence-corrected chi connectivity index (χ0v) is 9.14. The van der Waals surface area contributed by atoms with Crippen LogP contribution in [0, 0.1) is 0 Å². The quantitative estimate of drug-likeness (QED) is 0.479. The van der Waals surface area contributed by atoms with Gasteiger partial charge in [-0.15, -0.1) is 0 Å². The number of benzene rings is 1. The molecule has 0 aromatic heterocycles. The number of hydrogen-bond acceptors (Lipinski definition) is 4. The van der Waals surface area contributed by atoms with Crippen LogP contribution in [-0.4, -0.2) is 11.8 Å². The number of amides is 1. The second kappa shape index (κ2) is 6.62. The zero-order valence-electron chi connectivity index (χ0n) is 7.51. The van der Waals surface area contributed by atoms with E-state index in [1.165, 1.54) is 16.4 Å². The molecule has 0 spiro atoms. The van der Waals surface area contributed by atoms with Gasteiger partial charge in [-0.25, -0.2) is 4.79 Å². The smallest absolute Gasteiger partial charge is 0.363 e. The van der Waals surface area contributed by atoms with Gasteiger partial charge in [0.15, 0.2) is 0 Å². The minimum absolute atomic E-state index is 0.748. The van der Waals surface area contributed by atoms with Crippen molar-refractivity contribution in [2.45, 2.75) is 6.42 Å². The minimum atomic E-state index is -0.748. The van der Waals surface area contributed by atoms with Gasteiger partial charge in [-0.2, -0.15) is 0 Å². The number of carbonyl (C=O) groups excluding carboxylic acids is 1. The molecule has 0 radical (unpaired) electrons. The molecule has 2 N–H and O–H groups in total. The Bertz CT molecular complexity index is 279. The Hall–Kier alpha value is -0.810. The van der Waals surface area contributed by atoms with Crippen LogP contribution in [-0.2, 0) is 10.6 Å². The molecule has 14 heavy (non-hydrogen) atoms. The van der Waals surface area contributed by atoms with Gasteiger partial charge in [0, 0.05) is 5.75 Å². The molecule has 1 rings (SSSR count). The Balaban J connectivity index is 2.08. The van der Waals surface area contributed by atoms with E-state index in [2.05, 4.69) is 16.3 Å². The van der Waals surface area contributed by atoms with Crippen molar-refractivity contribution >= 4 is 28.0 Å². The van der Waals surface area contributed by atoms with Gasteiger partial charge in [0.25, 0.3) is 0 Å². The molecule has 0 unspecified atom stereocenters. The molecular formula is C9H11NO2S2. The lowest BCUT2D eigenvalue weighted by Gasteiger charge is -1.99. The first-order valence-corrected chi connectivity index (χ1v) is 6.33. The monoisotopic (exact) mass is 229 g/mol. The number of hydrogen-bond donors (Lipinski definition) is 1. The Labute approximate surface area is 91.0 Å². The summed E-state index contributed by atoms with van der Waals surface area (Å²) in [5.41, 5.74) is 6.07. The van der Waals surface area contributed by atoms with E-state index in [4.69, 9.17) is 5.73 Å². The van der Waals surface area contributed by atoms with Crippen LogP contribution in [0.1, 0.15) is 5.56 Å². The molecule has 3 nitrogen and oxygen atoms in total. The third-order valence-electron chi connectivity index (χ3n) is 1.48. The lowest BCUT2D eigenvalue weighted by molar-refractivity contribution is 0.219. The maximum absolute atomic E-state index is 10.2. The molecule has 0 bridgehead atoms. The highest BCUT2D eigenvalue weighted by Gasteiger charge is 1.96. The number of primary amides is 1. The highest BCUT2D eigenvalue weighted by Crippen LogP contribution is 2.22. The van der Waals surface area contributed by atoms with Crippen LogP contribution in [0.2, 0.25) is 0 Å². The summed E-state index contributed by atoms with van der Waals surface area (Å²) in [6.07, 6.45) is 0.211. The largest absolute Gasteiger partial charge is 0.417 e. The third kappa shape index (κ3) is 5.04. The van der Waals surface area contributed by atoms with E-state index in [1.54, 1.807) is 0 Å². The van der Waals surface area contributed by atoms with Gasteiger partial charge in [-0.1, -0.05) is 41.1 Å². The Morgan fingerprint density at radius 2 is 2.07 bits per heavy atom. The van der Waals surface area contributed by atoms with E-state index in [0.29, 0.717) is 0 Å². The number of nitrogens with two attached hydrogens (primary N) is 1. The molecule has 0 saturated carbocycles. The van der Waals surface area contributed by atoms with Gasteiger partial charge in [-0.3, -0.25) is 0 Å². The molecule has 0 heterocycles. The molecular weight excluding hydrogens is 218 g/mol. The van der Waals surface area contributed by atoms with Crippen LogP contribution in [0.5, 0.6) is 0 Å². The standard InChI is InChI=1S/C9H11NO2S2/c10-9(11)12-14-13-7-6-8-4-2-1-3-5-8/h1-5H,6-7H2,(H2,10,11). The molecule has 76 valence electrons. The normalized spacial score (nSPS) is 9.71. The van der Waals surface area contributed by atoms with Gasteiger partial charge in [0.2, 0.25) is 0 Å². The van der Waals surface area contributed by atoms with Gasteiger partial charge >= 0.3 is 6.09 Å². The first kappa shape index (κ1) is 11.3. The third-order valence-corrected chi connectivity index (χ3v) is 3.17. The molecule has 1 aromatic carbocycles. The molecule has 0 atom stereocenters. The fourth-order valence-corrected chi connectivity index (χ4v) is 2.20. The molecule has 0 fully saturated rings. The predicted octanol–water partition coefficient (Wildman–Crippen LogP) is 2.62. The van der Waals surface area contributed by atoms with Gasteiger partial charge < -0.3 is 9.92 Å². The lowest BCUT2D eigenvalue weighted by atomic mass is 10.2. The summed E-state index contributed by atoms with van der Waals surface area (Å²) in [7, 11) is 1.47. The SMILES string of the molecule is NC(=O)OSSCCc1ccccc1. The van der Waals surface area contributed by atoms with E-state index in [0.717, 1.165) is 23.2 Å². The van der Waals surface area contributed by atoms with Gasteiger partial charge in [0.05, 0.1) is 0 Å². The molecule has 0 aliphatic carbocycles. The first-order valence-electron chi connectivity index (χ1n) is 4.08. The van der Waals surface area contributed by atoms with E-state index >= 15 is 0 Å². The van der Waals surface area contributed by atoms with Crippen molar-refractivity contribution in [3.05, 3.63) is 35.9 Å². The van der Waals surface area contributed by atoms with Crippen molar-refractivity contribution in [1.82, 2.24) is 0 Å². The number of rotatable bonds is 5. The van der Waals surface area contributed by atoms with E-state index in [-0.39, 0.29) is 0 Å². The lowest BCUT2D eigenvalue weighted by Crippen LogP contribution is -2.07. The highest BCUT2D eigenvalue weighted by atomic mass is 33.1. The van der Waals surface area contributed by atoms with Crippen molar-refractivity contribution < 1.29 is 8.98 Å². The maximum Gasteiger partial charge on any atom is 0.417 e. The highest BCUT2D eigenvalue weighted by molar-refractivity contribution is 8.75. The summed E-state index contributed by atoms with van der Waals surface area (Å²) in [4.78, 5) is 10.2. The summed E-state index contributed by atoms with van der Waals surface area (Å²) in [5, 5.41) is 0. The summed E-state index contributed by atoms with van der Waals surface area (Å²) >= 11 is 1.02. The summed E-state index contributed by atoms with van der Waals surface area (Å²) in [6, 6.07) is 10.1. The number of carbonyl (C=O) groups is 1. The molecule has 5 heteroatoms. The summed E-state index contributed by atoms with van der Waals surface area (Å²) in [6.45, 7) is 0. The second-order valence-corrected chi connectivity index (χ2v) is 4.59. The van der Waals surface area contributed by atoms with Crippen molar-refractivity contribution in [2.75, 3.05) is 5.75 Å². The van der Waals surface area contributed by atoms with Crippen molar-refractivity contribution in [2.24, 2.45) is 5.73 Å². The van der Waals surface area contributed by atoms with E-state index in [9.17, 15) is 4.79 Å². The van der Waals surface area contributed by atoms with Crippen molar-refractivity contribution in [3.63, 3.8) is 0 Å². The van der Waals surface area contributed by atoms with Gasteiger partial charge in [0.1, 0.15) is 11.1 Å². The predicted molar refractivity (Wildman–Crippen MR) is 60.9 cm³/mol. The fourth-order valence-electron chi connectivity index (χ4n) is 0.896. The summed E-state index contributed by atoms with van der Waals surface area (Å²) < 4.78 is 4.50. The first-order chi connectivity index (χ1) is 6.79. The zero-order chi connectivity index (χ0) is 10.2. The van der Waals surface area contributed by atoms with Crippen molar-refractivity contribution in [1.29, 1.82) is 0 Å². The van der Waals surface area contributed by atoms with Crippen LogP contribution in [0.3, 0.4) is 0 Å². The maximum atomic E-state index is 10.2. The molecule has 0 saturated heterocycles. The number of aryl methyl sites for hydroxylation is 1. The topological polar surface area (TPSA) is 52.3 Å². The van der Waals surface area contributed by atoms with E-state index < -0.39 is 6.09 Å².